The predicted molar refractivity (Wildman–Crippen MR) is 151 cm³/mol. The van der Waals surface area contributed by atoms with Gasteiger partial charge in [0.25, 0.3) is 11.8 Å². The highest BCUT2D eigenvalue weighted by molar-refractivity contribution is 5.95. The Hall–Kier alpha value is -4.55. The third kappa shape index (κ3) is 10.0. The Morgan fingerprint density at radius 3 is 2.49 bits per heavy atom. The molecule has 0 bridgehead atoms. The van der Waals surface area contributed by atoms with E-state index in [9.17, 15) is 28.4 Å². The quantitative estimate of drug-likeness (QED) is 0.218. The maximum Gasteiger partial charge on any atom is 0.330 e. The number of rotatable bonds is 14. The molecule has 4 unspecified atom stereocenters. The summed E-state index contributed by atoms with van der Waals surface area (Å²) >= 11 is 0. The highest BCUT2D eigenvalue weighted by Gasteiger charge is 2.33. The Labute approximate surface area is 248 Å². The summed E-state index contributed by atoms with van der Waals surface area (Å²) in [7, 11) is 0. The second kappa shape index (κ2) is 15.6. The van der Waals surface area contributed by atoms with Crippen molar-refractivity contribution in [3.8, 4) is 0 Å². The fraction of sp³-hybridized carbons (Fsp3) is 0.467. The van der Waals surface area contributed by atoms with Crippen molar-refractivity contribution in [3.63, 3.8) is 0 Å². The van der Waals surface area contributed by atoms with Gasteiger partial charge in [-0.05, 0) is 50.3 Å². The van der Waals surface area contributed by atoms with Gasteiger partial charge in [-0.25, -0.2) is 14.0 Å². The number of hydrogen-bond acceptors (Lipinski definition) is 9. The minimum atomic E-state index is -1.40. The number of nitrogens with zero attached hydrogens (tertiary/aromatic N) is 1. The largest absolute Gasteiger partial charge is 0.463 e. The van der Waals surface area contributed by atoms with Gasteiger partial charge in [0.1, 0.15) is 17.6 Å². The van der Waals surface area contributed by atoms with Crippen LogP contribution in [0.1, 0.15) is 55.4 Å². The number of aromatic nitrogens is 1. The minimum Gasteiger partial charge on any atom is -0.463 e. The zero-order valence-corrected chi connectivity index (χ0v) is 24.6. The minimum absolute atomic E-state index is 0.0243. The lowest BCUT2D eigenvalue weighted by atomic mass is 9.97. The number of esters is 2. The molecule has 1 aliphatic rings. The van der Waals surface area contributed by atoms with Gasteiger partial charge in [-0.2, -0.15) is 0 Å². The third-order valence-corrected chi connectivity index (χ3v) is 6.73. The Morgan fingerprint density at radius 2 is 1.91 bits per heavy atom. The molecule has 3 amide bonds. The van der Waals surface area contributed by atoms with E-state index in [-0.39, 0.29) is 31.0 Å². The average molecular weight is 601 g/mol. The van der Waals surface area contributed by atoms with Gasteiger partial charge in [-0.1, -0.05) is 37.2 Å². The van der Waals surface area contributed by atoms with E-state index in [1.807, 2.05) is 0 Å². The van der Waals surface area contributed by atoms with Gasteiger partial charge < -0.3 is 29.9 Å². The first-order valence-electron chi connectivity index (χ1n) is 14.1. The molecule has 1 fully saturated rings. The number of benzene rings is 1. The summed E-state index contributed by atoms with van der Waals surface area (Å²) in [5.74, 6) is -3.95. The SMILES string of the molecule is CCOC(=O)C=CC(CC1CCNC1=O)NC(=O)C(Cc1ccc(F)cc1)OC(=O)C(NC(=O)c1cc(C)on1)C(C)C. The van der Waals surface area contributed by atoms with Crippen molar-refractivity contribution in [2.45, 2.75) is 65.1 Å². The van der Waals surface area contributed by atoms with Crippen molar-refractivity contribution < 1.29 is 42.4 Å². The van der Waals surface area contributed by atoms with Gasteiger partial charge in [0.2, 0.25) is 5.91 Å². The van der Waals surface area contributed by atoms with Crippen LogP contribution >= 0.6 is 0 Å². The molecular formula is C30H37FN4O8. The average Bonchev–Trinajstić information content (AvgIpc) is 3.58. The van der Waals surface area contributed by atoms with Crippen molar-refractivity contribution in [3.05, 3.63) is 65.3 Å². The van der Waals surface area contributed by atoms with Gasteiger partial charge in [0.05, 0.1) is 6.61 Å². The fourth-order valence-corrected chi connectivity index (χ4v) is 4.45. The van der Waals surface area contributed by atoms with E-state index < -0.39 is 59.6 Å². The van der Waals surface area contributed by atoms with Crippen LogP contribution in [0.15, 0.2) is 47.0 Å². The van der Waals surface area contributed by atoms with Gasteiger partial charge in [-0.3, -0.25) is 14.4 Å². The lowest BCUT2D eigenvalue weighted by Crippen LogP contribution is -2.50. The van der Waals surface area contributed by atoms with Crippen LogP contribution in [0, 0.1) is 24.6 Å². The first-order valence-corrected chi connectivity index (χ1v) is 14.1. The Morgan fingerprint density at radius 1 is 1.19 bits per heavy atom. The fourth-order valence-electron chi connectivity index (χ4n) is 4.45. The van der Waals surface area contributed by atoms with Crippen LogP contribution in [-0.2, 0) is 35.1 Å². The summed E-state index contributed by atoms with van der Waals surface area (Å²) in [6, 6.07) is 4.83. The molecule has 12 nitrogen and oxygen atoms in total. The molecule has 0 saturated carbocycles. The number of halogens is 1. The Bertz CT molecular complexity index is 1320. The lowest BCUT2D eigenvalue weighted by molar-refractivity contribution is -0.158. The second-order valence-corrected chi connectivity index (χ2v) is 10.5. The van der Waals surface area contributed by atoms with E-state index in [1.54, 1.807) is 27.7 Å². The lowest BCUT2D eigenvalue weighted by Gasteiger charge is -2.26. The molecule has 3 N–H and O–H groups in total. The van der Waals surface area contributed by atoms with Gasteiger partial charge in [-0.15, -0.1) is 0 Å². The molecule has 4 atom stereocenters. The van der Waals surface area contributed by atoms with Crippen molar-refractivity contribution in [1.82, 2.24) is 21.1 Å². The van der Waals surface area contributed by atoms with E-state index in [0.29, 0.717) is 24.3 Å². The summed E-state index contributed by atoms with van der Waals surface area (Å²) in [6.45, 7) is 7.31. The zero-order chi connectivity index (χ0) is 31.5. The monoisotopic (exact) mass is 600 g/mol. The van der Waals surface area contributed by atoms with Crippen LogP contribution in [0.3, 0.4) is 0 Å². The first-order chi connectivity index (χ1) is 20.5. The molecule has 232 valence electrons. The zero-order valence-electron chi connectivity index (χ0n) is 24.6. The Balaban J connectivity index is 1.82. The number of nitrogens with one attached hydrogen (secondary N) is 3. The van der Waals surface area contributed by atoms with Crippen LogP contribution < -0.4 is 16.0 Å². The van der Waals surface area contributed by atoms with E-state index >= 15 is 0 Å². The first kappa shape index (κ1) is 33.0. The number of amides is 3. The summed E-state index contributed by atoms with van der Waals surface area (Å²) in [5.41, 5.74) is 0.482. The van der Waals surface area contributed by atoms with Crippen LogP contribution in [0.2, 0.25) is 0 Å². The summed E-state index contributed by atoms with van der Waals surface area (Å²) in [4.78, 5) is 63.9. The molecule has 1 saturated heterocycles. The maximum absolute atomic E-state index is 13.6. The highest BCUT2D eigenvalue weighted by Crippen LogP contribution is 2.18. The van der Waals surface area contributed by atoms with E-state index in [0.717, 1.165) is 6.08 Å². The maximum atomic E-state index is 13.6. The molecule has 13 heteroatoms. The topological polar surface area (TPSA) is 166 Å². The molecule has 1 aromatic carbocycles. The number of hydrogen-bond donors (Lipinski definition) is 3. The summed E-state index contributed by atoms with van der Waals surface area (Å²) < 4.78 is 29.1. The smallest absolute Gasteiger partial charge is 0.330 e. The van der Waals surface area contributed by atoms with Crippen LogP contribution in [0.25, 0.3) is 0 Å². The van der Waals surface area contributed by atoms with Crippen molar-refractivity contribution in [1.29, 1.82) is 0 Å². The van der Waals surface area contributed by atoms with Crippen LogP contribution in [0.4, 0.5) is 4.39 Å². The molecule has 0 radical (unpaired) electrons. The van der Waals surface area contributed by atoms with E-state index in [2.05, 4.69) is 21.1 Å². The normalized spacial score (nSPS) is 16.8. The molecule has 2 heterocycles. The molecule has 1 aromatic heterocycles. The van der Waals surface area contributed by atoms with E-state index in [4.69, 9.17) is 14.0 Å². The Kier molecular flexibility index (Phi) is 12.0. The second-order valence-electron chi connectivity index (χ2n) is 10.5. The number of aryl methyl sites for hydroxylation is 1. The van der Waals surface area contributed by atoms with Crippen molar-refractivity contribution in [2.75, 3.05) is 13.2 Å². The summed E-state index contributed by atoms with van der Waals surface area (Å²) in [6.07, 6.45) is 1.81. The third-order valence-electron chi connectivity index (χ3n) is 6.73. The molecule has 0 spiro atoms. The molecular weight excluding hydrogens is 563 g/mol. The predicted octanol–water partition coefficient (Wildman–Crippen LogP) is 2.16. The molecule has 2 aromatic rings. The number of ether oxygens (including phenoxy) is 2. The van der Waals surface area contributed by atoms with Gasteiger partial charge in [0.15, 0.2) is 11.8 Å². The standard InChI is InChI=1S/C30H37FN4O8/c1-5-41-25(36)11-10-22(16-20-12-13-32-27(20)37)33-29(39)24(15-19-6-8-21(31)9-7-19)42-30(40)26(17(2)3)34-28(38)23-14-18(4)43-35-23/h6-11,14,17,20,22,24,26H,5,12-13,15-16H2,1-4H3,(H,32,37)(H,33,39)(H,34,38). The summed E-state index contributed by atoms with van der Waals surface area (Å²) in [5, 5.41) is 11.7. The van der Waals surface area contributed by atoms with Crippen molar-refractivity contribution >= 4 is 29.7 Å². The number of carbonyl (C=O) groups is 5. The molecule has 43 heavy (non-hydrogen) atoms. The van der Waals surface area contributed by atoms with Gasteiger partial charge >= 0.3 is 11.9 Å². The van der Waals surface area contributed by atoms with E-state index in [1.165, 1.54) is 36.4 Å². The van der Waals surface area contributed by atoms with Crippen LogP contribution in [-0.4, -0.2) is 66.2 Å². The van der Waals surface area contributed by atoms with Gasteiger partial charge in [0, 0.05) is 37.1 Å². The highest BCUT2D eigenvalue weighted by atomic mass is 19.1. The van der Waals surface area contributed by atoms with Crippen molar-refractivity contribution in [2.24, 2.45) is 11.8 Å². The number of carbonyl (C=O) groups excluding carboxylic acids is 5. The molecule has 3 rings (SSSR count). The molecule has 0 aliphatic carbocycles. The van der Waals surface area contributed by atoms with Crippen LogP contribution in [0.5, 0.6) is 0 Å². The molecule has 1 aliphatic heterocycles.